The van der Waals surface area contributed by atoms with Crippen molar-refractivity contribution in [3.8, 4) is 11.5 Å². The first-order valence-corrected chi connectivity index (χ1v) is 5.26. The third-order valence-corrected chi connectivity index (χ3v) is 2.44. The summed E-state index contributed by atoms with van der Waals surface area (Å²) in [6, 6.07) is 5.87. The molecule has 88 valence electrons. The second kappa shape index (κ2) is 5.18. The van der Waals surface area contributed by atoms with Gasteiger partial charge in [0.15, 0.2) is 11.5 Å². The first kappa shape index (κ1) is 11.2. The van der Waals surface area contributed by atoms with Crippen molar-refractivity contribution in [2.75, 3.05) is 34.0 Å². The molecule has 0 amide bonds. The first-order valence-electron chi connectivity index (χ1n) is 5.26. The van der Waals surface area contributed by atoms with Crippen LogP contribution >= 0.6 is 0 Å². The van der Waals surface area contributed by atoms with Gasteiger partial charge >= 0.3 is 0 Å². The van der Waals surface area contributed by atoms with E-state index in [-0.39, 0.29) is 6.10 Å². The number of epoxide rings is 1. The van der Waals surface area contributed by atoms with Gasteiger partial charge in [-0.05, 0) is 17.7 Å². The summed E-state index contributed by atoms with van der Waals surface area (Å²) >= 11 is 0. The lowest BCUT2D eigenvalue weighted by molar-refractivity contribution is 0.144. The maximum absolute atomic E-state index is 5.53. The number of benzene rings is 1. The van der Waals surface area contributed by atoms with Crippen LogP contribution in [0, 0.1) is 0 Å². The Kier molecular flexibility index (Phi) is 3.64. The summed E-state index contributed by atoms with van der Waals surface area (Å²) < 4.78 is 20.9. The fourth-order valence-electron chi connectivity index (χ4n) is 1.48. The molecule has 0 bridgehead atoms. The Labute approximate surface area is 95.1 Å². The van der Waals surface area contributed by atoms with Gasteiger partial charge in [0.25, 0.3) is 0 Å². The minimum atomic E-state index is 0.238. The fraction of sp³-hybridized carbons (Fsp3) is 0.500. The smallest absolute Gasteiger partial charge is 0.161 e. The molecule has 4 heteroatoms. The van der Waals surface area contributed by atoms with Crippen LogP contribution in [0.5, 0.6) is 11.5 Å². The normalized spacial score (nSPS) is 18.2. The van der Waals surface area contributed by atoms with Crippen LogP contribution in [0.25, 0.3) is 0 Å². The Morgan fingerprint density at radius 1 is 1.25 bits per heavy atom. The van der Waals surface area contributed by atoms with E-state index in [1.54, 1.807) is 14.2 Å². The largest absolute Gasteiger partial charge is 0.493 e. The van der Waals surface area contributed by atoms with E-state index in [4.69, 9.17) is 18.9 Å². The molecule has 2 rings (SSSR count). The van der Waals surface area contributed by atoms with Crippen molar-refractivity contribution in [1.29, 1.82) is 0 Å². The lowest BCUT2D eigenvalue weighted by Crippen LogP contribution is -2.05. The average molecular weight is 224 g/mol. The van der Waals surface area contributed by atoms with Gasteiger partial charge in [-0.25, -0.2) is 0 Å². The van der Waals surface area contributed by atoms with Gasteiger partial charge in [-0.1, -0.05) is 6.07 Å². The van der Waals surface area contributed by atoms with E-state index in [2.05, 4.69) is 0 Å². The van der Waals surface area contributed by atoms with Crippen LogP contribution in [-0.4, -0.2) is 34.0 Å². The van der Waals surface area contributed by atoms with E-state index >= 15 is 0 Å². The van der Waals surface area contributed by atoms with Crippen LogP contribution in [0.15, 0.2) is 18.2 Å². The highest BCUT2D eigenvalue weighted by Crippen LogP contribution is 2.36. The quantitative estimate of drug-likeness (QED) is 0.545. The molecule has 0 spiro atoms. The molecular weight excluding hydrogens is 208 g/mol. The summed E-state index contributed by atoms with van der Waals surface area (Å²) in [5.41, 5.74) is 1.14. The molecule has 1 aliphatic rings. The van der Waals surface area contributed by atoms with E-state index in [1.165, 1.54) is 0 Å². The van der Waals surface area contributed by atoms with Gasteiger partial charge in [0.05, 0.1) is 20.3 Å². The minimum absolute atomic E-state index is 0.238. The van der Waals surface area contributed by atoms with Gasteiger partial charge in [0.2, 0.25) is 0 Å². The van der Waals surface area contributed by atoms with E-state index in [9.17, 15) is 0 Å². The van der Waals surface area contributed by atoms with Crippen LogP contribution < -0.4 is 9.47 Å². The summed E-state index contributed by atoms with van der Waals surface area (Å²) in [5, 5.41) is 0. The van der Waals surface area contributed by atoms with Gasteiger partial charge in [-0.2, -0.15) is 0 Å². The highest BCUT2D eigenvalue weighted by atomic mass is 16.6. The first-order chi connectivity index (χ1) is 7.85. The summed E-state index contributed by atoms with van der Waals surface area (Å²) in [7, 11) is 3.28. The third-order valence-electron chi connectivity index (χ3n) is 2.44. The predicted octanol–water partition coefficient (Wildman–Crippen LogP) is 1.79. The van der Waals surface area contributed by atoms with Gasteiger partial charge in [0.1, 0.15) is 12.7 Å². The van der Waals surface area contributed by atoms with Crippen molar-refractivity contribution in [2.45, 2.75) is 6.10 Å². The van der Waals surface area contributed by atoms with Crippen molar-refractivity contribution in [2.24, 2.45) is 0 Å². The van der Waals surface area contributed by atoms with Gasteiger partial charge in [-0.3, -0.25) is 0 Å². The van der Waals surface area contributed by atoms with Crippen LogP contribution in [0.2, 0.25) is 0 Å². The monoisotopic (exact) mass is 224 g/mol. The lowest BCUT2D eigenvalue weighted by atomic mass is 10.1. The van der Waals surface area contributed by atoms with Crippen LogP contribution in [0.3, 0.4) is 0 Å². The lowest BCUT2D eigenvalue weighted by Gasteiger charge is -2.11. The molecule has 4 nitrogen and oxygen atoms in total. The van der Waals surface area contributed by atoms with Crippen molar-refractivity contribution < 1.29 is 18.9 Å². The van der Waals surface area contributed by atoms with Gasteiger partial charge in [-0.15, -0.1) is 0 Å². The molecule has 1 aromatic rings. The molecule has 1 heterocycles. The number of rotatable bonds is 6. The molecule has 1 aliphatic heterocycles. The summed E-state index contributed by atoms with van der Waals surface area (Å²) in [4.78, 5) is 0. The van der Waals surface area contributed by atoms with E-state index in [1.807, 2.05) is 18.2 Å². The van der Waals surface area contributed by atoms with Crippen LogP contribution in [-0.2, 0) is 9.47 Å². The number of hydrogen-bond acceptors (Lipinski definition) is 4. The Morgan fingerprint density at radius 3 is 2.69 bits per heavy atom. The van der Waals surface area contributed by atoms with E-state index in [0.717, 1.165) is 23.7 Å². The molecule has 0 saturated carbocycles. The van der Waals surface area contributed by atoms with Crippen molar-refractivity contribution in [3.05, 3.63) is 23.8 Å². The Morgan fingerprint density at radius 2 is 2.06 bits per heavy atom. The highest BCUT2D eigenvalue weighted by molar-refractivity contribution is 5.44. The van der Waals surface area contributed by atoms with Crippen LogP contribution in [0.4, 0.5) is 0 Å². The zero-order valence-electron chi connectivity index (χ0n) is 9.56. The Bertz CT molecular complexity index is 347. The van der Waals surface area contributed by atoms with Crippen molar-refractivity contribution >= 4 is 0 Å². The van der Waals surface area contributed by atoms with Gasteiger partial charge < -0.3 is 18.9 Å². The maximum atomic E-state index is 5.53. The molecule has 0 radical (unpaired) electrons. The molecule has 1 aromatic carbocycles. The van der Waals surface area contributed by atoms with Crippen molar-refractivity contribution in [3.63, 3.8) is 0 Å². The molecule has 1 atom stereocenters. The molecule has 1 saturated heterocycles. The predicted molar refractivity (Wildman–Crippen MR) is 59.1 cm³/mol. The molecular formula is C12H16O4. The number of methoxy groups -OCH3 is 2. The number of hydrogen-bond donors (Lipinski definition) is 0. The third kappa shape index (κ3) is 2.65. The molecule has 1 fully saturated rings. The highest BCUT2D eigenvalue weighted by Gasteiger charge is 2.25. The summed E-state index contributed by atoms with van der Waals surface area (Å²) in [6.07, 6.45) is 0.238. The maximum Gasteiger partial charge on any atom is 0.161 e. The zero-order valence-corrected chi connectivity index (χ0v) is 9.56. The second-order valence-corrected chi connectivity index (χ2v) is 3.57. The molecule has 0 aliphatic carbocycles. The average Bonchev–Trinajstić information content (AvgIpc) is 3.13. The molecule has 0 aromatic heterocycles. The standard InChI is InChI=1S/C12H16O4/c1-13-5-6-15-10-4-3-9(12-8-16-12)7-11(10)14-2/h3-4,7,12H,5-6,8H2,1-2H3/t12-/m0/s1. The van der Waals surface area contributed by atoms with Crippen molar-refractivity contribution in [1.82, 2.24) is 0 Å². The number of ether oxygens (including phenoxy) is 4. The van der Waals surface area contributed by atoms with Crippen LogP contribution in [0.1, 0.15) is 11.7 Å². The topological polar surface area (TPSA) is 40.2 Å². The minimum Gasteiger partial charge on any atom is -0.493 e. The summed E-state index contributed by atoms with van der Waals surface area (Å²) in [5.74, 6) is 1.48. The fourth-order valence-corrected chi connectivity index (χ4v) is 1.48. The van der Waals surface area contributed by atoms with Gasteiger partial charge in [0, 0.05) is 7.11 Å². The molecule has 16 heavy (non-hydrogen) atoms. The second-order valence-electron chi connectivity index (χ2n) is 3.57. The SMILES string of the molecule is COCCOc1ccc([C@@H]2CO2)cc1OC. The Hall–Kier alpha value is -1.26. The summed E-state index contributed by atoms with van der Waals surface area (Å²) in [6.45, 7) is 1.88. The van der Waals surface area contributed by atoms with E-state index < -0.39 is 0 Å². The zero-order chi connectivity index (χ0) is 11.4. The van der Waals surface area contributed by atoms with E-state index in [0.29, 0.717) is 13.2 Å². The Balaban J connectivity index is 2.05. The molecule has 0 unspecified atom stereocenters. The molecule has 0 N–H and O–H groups in total.